The van der Waals surface area contributed by atoms with Crippen LogP contribution in [0.25, 0.3) is 0 Å². The first-order valence-corrected chi connectivity index (χ1v) is 10.5. The number of piperidine rings is 1. The van der Waals surface area contributed by atoms with Gasteiger partial charge in [0.05, 0.1) is 12.6 Å². The minimum atomic E-state index is -0.0115. The molecule has 1 aliphatic rings. The number of hydrogen-bond acceptors (Lipinski definition) is 3. The van der Waals surface area contributed by atoms with Crippen molar-refractivity contribution in [2.45, 2.75) is 39.2 Å². The molecular formula is C24H31N3O2. The van der Waals surface area contributed by atoms with Crippen LogP contribution in [0.4, 0.5) is 5.69 Å². The molecule has 5 heteroatoms. The highest BCUT2D eigenvalue weighted by Crippen LogP contribution is 2.20. The molecule has 1 unspecified atom stereocenters. The fourth-order valence-corrected chi connectivity index (χ4v) is 3.73. The summed E-state index contributed by atoms with van der Waals surface area (Å²) in [6.45, 7) is 6.05. The molecule has 0 radical (unpaired) electrons. The van der Waals surface area contributed by atoms with Crippen LogP contribution in [0.2, 0.25) is 0 Å². The molecule has 0 spiro atoms. The van der Waals surface area contributed by atoms with Gasteiger partial charge in [0.1, 0.15) is 0 Å². The fourth-order valence-electron chi connectivity index (χ4n) is 3.73. The highest BCUT2D eigenvalue weighted by atomic mass is 16.2. The minimum absolute atomic E-state index is 0.00511. The molecule has 1 saturated heterocycles. The Morgan fingerprint density at radius 2 is 1.69 bits per heavy atom. The SMILES string of the molecule is CCc1ccc(C(C)NC(=O)CN2CCC(C(=O)Nc3ccccc3)CC2)cc1. The van der Waals surface area contributed by atoms with E-state index in [1.54, 1.807) is 0 Å². The van der Waals surface area contributed by atoms with Gasteiger partial charge < -0.3 is 10.6 Å². The van der Waals surface area contributed by atoms with Gasteiger partial charge in [-0.1, -0.05) is 49.4 Å². The lowest BCUT2D eigenvalue weighted by molar-refractivity contribution is -0.124. The number of carbonyl (C=O) groups excluding carboxylic acids is 2. The Hall–Kier alpha value is -2.66. The van der Waals surface area contributed by atoms with Gasteiger partial charge in [-0.25, -0.2) is 0 Å². The van der Waals surface area contributed by atoms with Gasteiger partial charge in [-0.15, -0.1) is 0 Å². The first kappa shape index (κ1) is 21.1. The first-order chi connectivity index (χ1) is 14.0. The Bertz CT molecular complexity index is 797. The summed E-state index contributed by atoms with van der Waals surface area (Å²) in [7, 11) is 0. The molecular weight excluding hydrogens is 362 g/mol. The Morgan fingerprint density at radius 1 is 1.03 bits per heavy atom. The second kappa shape index (κ2) is 10.2. The zero-order valence-electron chi connectivity index (χ0n) is 17.4. The lowest BCUT2D eigenvalue weighted by Crippen LogP contribution is -2.43. The van der Waals surface area contributed by atoms with Gasteiger partial charge in [-0.05, 0) is 62.5 Å². The van der Waals surface area contributed by atoms with Crippen molar-refractivity contribution in [2.75, 3.05) is 25.0 Å². The highest BCUT2D eigenvalue weighted by molar-refractivity contribution is 5.92. The molecule has 1 atom stereocenters. The number of nitrogens with zero attached hydrogens (tertiary/aromatic N) is 1. The molecule has 154 valence electrons. The summed E-state index contributed by atoms with van der Waals surface area (Å²) in [5, 5.41) is 6.07. The molecule has 0 bridgehead atoms. The third-order valence-corrected chi connectivity index (χ3v) is 5.63. The van der Waals surface area contributed by atoms with Gasteiger partial charge >= 0.3 is 0 Å². The number of benzene rings is 2. The second-order valence-corrected chi connectivity index (χ2v) is 7.79. The quantitative estimate of drug-likeness (QED) is 0.753. The molecule has 1 fully saturated rings. The molecule has 0 saturated carbocycles. The maximum Gasteiger partial charge on any atom is 0.234 e. The minimum Gasteiger partial charge on any atom is -0.348 e. The highest BCUT2D eigenvalue weighted by Gasteiger charge is 2.26. The van der Waals surface area contributed by atoms with Gasteiger partial charge in [0, 0.05) is 11.6 Å². The number of aryl methyl sites for hydroxylation is 1. The average molecular weight is 394 g/mol. The number of para-hydroxylation sites is 1. The van der Waals surface area contributed by atoms with Crippen molar-refractivity contribution >= 4 is 17.5 Å². The summed E-state index contributed by atoms with van der Waals surface area (Å²) in [5.41, 5.74) is 3.25. The monoisotopic (exact) mass is 393 g/mol. The van der Waals surface area contributed by atoms with E-state index in [9.17, 15) is 9.59 Å². The normalized spacial score (nSPS) is 16.2. The first-order valence-electron chi connectivity index (χ1n) is 10.5. The number of hydrogen-bond donors (Lipinski definition) is 2. The van der Waals surface area contributed by atoms with Crippen molar-refractivity contribution < 1.29 is 9.59 Å². The van der Waals surface area contributed by atoms with Crippen LogP contribution in [0.3, 0.4) is 0 Å². The third kappa shape index (κ3) is 6.16. The predicted octanol–water partition coefficient (Wildman–Crippen LogP) is 3.78. The third-order valence-electron chi connectivity index (χ3n) is 5.63. The average Bonchev–Trinajstić information content (AvgIpc) is 2.75. The molecule has 2 N–H and O–H groups in total. The summed E-state index contributed by atoms with van der Waals surface area (Å²) in [4.78, 5) is 27.0. The fraction of sp³-hybridized carbons (Fsp3) is 0.417. The molecule has 29 heavy (non-hydrogen) atoms. The van der Waals surface area contributed by atoms with Crippen LogP contribution in [0.15, 0.2) is 54.6 Å². The molecule has 1 aliphatic heterocycles. The van der Waals surface area contributed by atoms with Gasteiger partial charge in [-0.3, -0.25) is 14.5 Å². The zero-order valence-corrected chi connectivity index (χ0v) is 17.4. The summed E-state index contributed by atoms with van der Waals surface area (Å²) in [5.74, 6) is 0.110. The summed E-state index contributed by atoms with van der Waals surface area (Å²) in [6, 6.07) is 17.9. The van der Waals surface area contributed by atoms with Gasteiger partial charge in [0.25, 0.3) is 0 Å². The van der Waals surface area contributed by atoms with E-state index in [0.29, 0.717) is 6.54 Å². The van der Waals surface area contributed by atoms with Gasteiger partial charge in [0.15, 0.2) is 0 Å². The maximum absolute atomic E-state index is 12.4. The smallest absolute Gasteiger partial charge is 0.234 e. The van der Waals surface area contributed by atoms with Crippen LogP contribution in [-0.4, -0.2) is 36.3 Å². The molecule has 1 heterocycles. The van der Waals surface area contributed by atoms with Crippen LogP contribution in [0.5, 0.6) is 0 Å². The van der Waals surface area contributed by atoms with E-state index < -0.39 is 0 Å². The number of likely N-dealkylation sites (tertiary alicyclic amines) is 1. The van der Waals surface area contributed by atoms with E-state index in [1.165, 1.54) is 5.56 Å². The maximum atomic E-state index is 12.4. The van der Waals surface area contributed by atoms with E-state index in [-0.39, 0.29) is 23.8 Å². The predicted molar refractivity (Wildman–Crippen MR) is 117 cm³/mol. The number of carbonyl (C=O) groups is 2. The number of nitrogens with one attached hydrogen (secondary N) is 2. The molecule has 0 aliphatic carbocycles. The molecule has 5 nitrogen and oxygen atoms in total. The van der Waals surface area contributed by atoms with E-state index in [4.69, 9.17) is 0 Å². The van der Waals surface area contributed by atoms with Crippen molar-refractivity contribution in [3.05, 3.63) is 65.7 Å². The van der Waals surface area contributed by atoms with E-state index in [2.05, 4.69) is 46.7 Å². The summed E-state index contributed by atoms with van der Waals surface area (Å²) in [6.07, 6.45) is 2.57. The Balaban J connectivity index is 1.41. The van der Waals surface area contributed by atoms with Crippen LogP contribution < -0.4 is 10.6 Å². The van der Waals surface area contributed by atoms with Crippen molar-refractivity contribution in [1.29, 1.82) is 0 Å². The summed E-state index contributed by atoms with van der Waals surface area (Å²) >= 11 is 0. The van der Waals surface area contributed by atoms with Gasteiger partial charge in [-0.2, -0.15) is 0 Å². The molecule has 2 aromatic rings. The van der Waals surface area contributed by atoms with E-state index in [0.717, 1.165) is 43.6 Å². The topological polar surface area (TPSA) is 61.4 Å². The van der Waals surface area contributed by atoms with E-state index >= 15 is 0 Å². The molecule has 2 aromatic carbocycles. The molecule has 0 aromatic heterocycles. The van der Waals surface area contributed by atoms with Crippen molar-refractivity contribution in [2.24, 2.45) is 5.92 Å². The molecule has 3 rings (SSSR count). The Kier molecular flexibility index (Phi) is 7.42. The lowest BCUT2D eigenvalue weighted by Gasteiger charge is -2.31. The van der Waals surface area contributed by atoms with Crippen molar-refractivity contribution in [1.82, 2.24) is 10.2 Å². The van der Waals surface area contributed by atoms with Crippen LogP contribution in [0, 0.1) is 5.92 Å². The van der Waals surface area contributed by atoms with Crippen LogP contribution in [-0.2, 0) is 16.0 Å². The Morgan fingerprint density at radius 3 is 2.31 bits per heavy atom. The van der Waals surface area contributed by atoms with Gasteiger partial charge in [0.2, 0.25) is 11.8 Å². The summed E-state index contributed by atoms with van der Waals surface area (Å²) < 4.78 is 0. The largest absolute Gasteiger partial charge is 0.348 e. The lowest BCUT2D eigenvalue weighted by atomic mass is 9.95. The van der Waals surface area contributed by atoms with Crippen molar-refractivity contribution in [3.63, 3.8) is 0 Å². The number of anilines is 1. The Labute approximate surface area is 173 Å². The van der Waals surface area contributed by atoms with E-state index in [1.807, 2.05) is 37.3 Å². The van der Waals surface area contributed by atoms with Crippen molar-refractivity contribution in [3.8, 4) is 0 Å². The zero-order chi connectivity index (χ0) is 20.6. The molecule has 2 amide bonds. The standard InChI is InChI=1S/C24H31N3O2/c1-3-19-9-11-20(12-10-19)18(2)25-23(28)17-27-15-13-21(14-16-27)24(29)26-22-7-5-4-6-8-22/h4-12,18,21H,3,13-17H2,1-2H3,(H,25,28)(H,26,29). The van der Waals surface area contributed by atoms with Crippen LogP contribution in [0.1, 0.15) is 43.9 Å². The van der Waals surface area contributed by atoms with Crippen LogP contribution >= 0.6 is 0 Å². The number of amides is 2. The second-order valence-electron chi connectivity index (χ2n) is 7.79. The number of rotatable bonds is 7.